The molecule has 0 radical (unpaired) electrons. The third-order valence-electron chi connectivity index (χ3n) is 4.05. The predicted octanol–water partition coefficient (Wildman–Crippen LogP) is 2.70. The molecule has 1 unspecified atom stereocenters. The molecule has 1 aromatic carbocycles. The van der Waals surface area contributed by atoms with Gasteiger partial charge in [0.25, 0.3) is 5.91 Å². The SMILES string of the molecule is COc1ccc(C=C2SC(=S)N(C(CCCC(=O)O)CC(=O)O)C2=O)c(O)c1. The second kappa shape index (κ2) is 9.56. The fourth-order valence-corrected chi connectivity index (χ4v) is 4.11. The van der Waals surface area contributed by atoms with E-state index in [2.05, 4.69) is 0 Å². The first kappa shape index (κ1) is 21.7. The molecule has 1 aromatic rings. The number of rotatable bonds is 9. The van der Waals surface area contributed by atoms with Crippen LogP contribution >= 0.6 is 24.0 Å². The topological polar surface area (TPSA) is 124 Å². The van der Waals surface area contributed by atoms with Crippen molar-refractivity contribution in [2.45, 2.75) is 31.7 Å². The molecule has 1 aliphatic heterocycles. The first-order valence-corrected chi connectivity index (χ1v) is 9.53. The quantitative estimate of drug-likeness (QED) is 0.404. The summed E-state index contributed by atoms with van der Waals surface area (Å²) in [6.45, 7) is 0. The lowest BCUT2D eigenvalue weighted by atomic mass is 10.0. The maximum absolute atomic E-state index is 12.8. The summed E-state index contributed by atoms with van der Waals surface area (Å²) in [5.74, 6) is -2.18. The van der Waals surface area contributed by atoms with E-state index in [1.54, 1.807) is 12.1 Å². The molecule has 3 N–H and O–H groups in total. The number of carbonyl (C=O) groups is 3. The van der Waals surface area contributed by atoms with Crippen LogP contribution in [-0.4, -0.2) is 55.5 Å². The lowest BCUT2D eigenvalue weighted by Crippen LogP contribution is -2.40. The number of aliphatic carboxylic acids is 2. The maximum atomic E-state index is 12.8. The van der Waals surface area contributed by atoms with E-state index < -0.39 is 23.9 Å². The molecular weight excluding hydrogens is 406 g/mol. The highest BCUT2D eigenvalue weighted by molar-refractivity contribution is 8.26. The number of hydrogen-bond donors (Lipinski definition) is 3. The number of ether oxygens (including phenoxy) is 1. The van der Waals surface area contributed by atoms with Gasteiger partial charge in [0, 0.05) is 24.1 Å². The average Bonchev–Trinajstić information content (AvgIpc) is 2.88. The predicted molar refractivity (Wildman–Crippen MR) is 107 cm³/mol. The Morgan fingerprint density at radius 1 is 1.32 bits per heavy atom. The number of phenols is 1. The molecule has 1 aliphatic rings. The average molecular weight is 425 g/mol. The van der Waals surface area contributed by atoms with E-state index in [1.807, 2.05) is 0 Å². The monoisotopic (exact) mass is 425 g/mol. The standard InChI is InChI=1S/C18H19NO7S2/c1-26-12-6-5-10(13(20)9-12)7-14-17(25)19(18(27)28-14)11(8-16(23)24)3-2-4-15(21)22/h5-7,9,11,20H,2-4,8H2,1H3,(H,21,22)(H,23,24). The van der Waals surface area contributed by atoms with Crippen molar-refractivity contribution in [3.8, 4) is 11.5 Å². The van der Waals surface area contributed by atoms with Gasteiger partial charge in [-0.15, -0.1) is 0 Å². The smallest absolute Gasteiger partial charge is 0.305 e. The molecule has 1 atom stereocenters. The molecular formula is C18H19NO7S2. The summed E-state index contributed by atoms with van der Waals surface area (Å²) in [5.41, 5.74) is 0.391. The molecule has 150 valence electrons. The van der Waals surface area contributed by atoms with Crippen molar-refractivity contribution in [1.29, 1.82) is 0 Å². The van der Waals surface area contributed by atoms with Crippen LogP contribution < -0.4 is 4.74 Å². The largest absolute Gasteiger partial charge is 0.507 e. The molecule has 0 aromatic heterocycles. The Kier molecular flexibility index (Phi) is 7.41. The fraction of sp³-hybridized carbons (Fsp3) is 0.333. The van der Waals surface area contributed by atoms with E-state index in [9.17, 15) is 19.5 Å². The maximum Gasteiger partial charge on any atom is 0.305 e. The Morgan fingerprint density at radius 3 is 2.61 bits per heavy atom. The van der Waals surface area contributed by atoms with E-state index in [1.165, 1.54) is 24.2 Å². The summed E-state index contributed by atoms with van der Waals surface area (Å²) >= 11 is 6.26. The number of thioether (sulfide) groups is 1. The highest BCUT2D eigenvalue weighted by Gasteiger charge is 2.38. The number of thiocarbonyl (C=S) groups is 1. The Bertz CT molecular complexity index is 837. The van der Waals surface area contributed by atoms with E-state index in [0.717, 1.165) is 11.8 Å². The van der Waals surface area contributed by atoms with Crippen molar-refractivity contribution in [3.63, 3.8) is 0 Å². The zero-order valence-corrected chi connectivity index (χ0v) is 16.6. The minimum absolute atomic E-state index is 0.0758. The van der Waals surface area contributed by atoms with Gasteiger partial charge in [0.1, 0.15) is 15.8 Å². The van der Waals surface area contributed by atoms with E-state index in [4.69, 9.17) is 27.2 Å². The summed E-state index contributed by atoms with van der Waals surface area (Å²) in [6.07, 6.45) is 1.44. The number of carboxylic acid groups (broad SMARTS) is 2. The minimum Gasteiger partial charge on any atom is -0.507 e. The number of phenolic OH excluding ortho intramolecular Hbond substituents is 1. The van der Waals surface area contributed by atoms with Gasteiger partial charge in [0.15, 0.2) is 0 Å². The molecule has 1 saturated heterocycles. The number of amides is 1. The van der Waals surface area contributed by atoms with Crippen molar-refractivity contribution >= 4 is 52.2 Å². The van der Waals surface area contributed by atoms with E-state index in [-0.39, 0.29) is 40.7 Å². The van der Waals surface area contributed by atoms with Crippen LogP contribution in [0, 0.1) is 0 Å². The van der Waals surface area contributed by atoms with Crippen LogP contribution in [0.2, 0.25) is 0 Å². The van der Waals surface area contributed by atoms with Gasteiger partial charge in [-0.3, -0.25) is 19.3 Å². The second-order valence-electron chi connectivity index (χ2n) is 6.01. The van der Waals surface area contributed by atoms with Crippen LogP contribution in [0.4, 0.5) is 0 Å². The molecule has 0 bridgehead atoms. The zero-order chi connectivity index (χ0) is 20.8. The van der Waals surface area contributed by atoms with Crippen LogP contribution in [0.15, 0.2) is 23.1 Å². The second-order valence-corrected chi connectivity index (χ2v) is 7.69. The molecule has 28 heavy (non-hydrogen) atoms. The van der Waals surface area contributed by atoms with E-state index >= 15 is 0 Å². The molecule has 0 aliphatic carbocycles. The normalized spacial score (nSPS) is 16.5. The number of carbonyl (C=O) groups excluding carboxylic acids is 1. The lowest BCUT2D eigenvalue weighted by Gasteiger charge is -2.25. The van der Waals surface area contributed by atoms with Crippen LogP contribution in [0.3, 0.4) is 0 Å². The van der Waals surface area contributed by atoms with Gasteiger partial charge in [0.05, 0.1) is 18.4 Å². The molecule has 2 rings (SSSR count). The van der Waals surface area contributed by atoms with Crippen LogP contribution in [-0.2, 0) is 14.4 Å². The third-order valence-corrected chi connectivity index (χ3v) is 5.38. The summed E-state index contributed by atoms with van der Waals surface area (Å²) in [6, 6.07) is 3.89. The van der Waals surface area contributed by atoms with Gasteiger partial charge in [-0.25, -0.2) is 0 Å². The number of methoxy groups -OCH3 is 1. The molecule has 0 spiro atoms. The van der Waals surface area contributed by atoms with Crippen LogP contribution in [0.5, 0.6) is 11.5 Å². The highest BCUT2D eigenvalue weighted by atomic mass is 32.2. The van der Waals surface area contributed by atoms with E-state index in [0.29, 0.717) is 11.3 Å². The molecule has 0 saturated carbocycles. The van der Waals surface area contributed by atoms with Gasteiger partial charge in [-0.1, -0.05) is 24.0 Å². The summed E-state index contributed by atoms with van der Waals surface area (Å²) in [5, 5.41) is 28.0. The van der Waals surface area contributed by atoms with Crippen LogP contribution in [0.25, 0.3) is 6.08 Å². The summed E-state index contributed by atoms with van der Waals surface area (Å²) in [7, 11) is 1.46. The van der Waals surface area contributed by atoms with Gasteiger partial charge in [0.2, 0.25) is 0 Å². The molecule has 10 heteroatoms. The summed E-state index contributed by atoms with van der Waals surface area (Å²) in [4.78, 5) is 36.2. The molecule has 1 heterocycles. The molecule has 1 fully saturated rings. The number of aromatic hydroxyl groups is 1. The Hall–Kier alpha value is -2.59. The third kappa shape index (κ3) is 5.46. The van der Waals surface area contributed by atoms with Gasteiger partial charge in [-0.05, 0) is 31.1 Å². The van der Waals surface area contributed by atoms with Crippen molar-refractivity contribution in [2.75, 3.05) is 7.11 Å². The first-order chi connectivity index (χ1) is 13.2. The number of hydrogen-bond acceptors (Lipinski definition) is 7. The number of nitrogens with zero attached hydrogens (tertiary/aromatic N) is 1. The number of benzene rings is 1. The Labute approximate surface area is 170 Å². The molecule has 8 nitrogen and oxygen atoms in total. The van der Waals surface area contributed by atoms with Crippen molar-refractivity contribution in [2.24, 2.45) is 0 Å². The first-order valence-electron chi connectivity index (χ1n) is 8.30. The fourth-order valence-electron chi connectivity index (χ4n) is 2.72. The highest BCUT2D eigenvalue weighted by Crippen LogP contribution is 2.37. The van der Waals surface area contributed by atoms with Crippen molar-refractivity contribution < 1.29 is 34.4 Å². The number of carboxylic acids is 2. The van der Waals surface area contributed by atoms with Gasteiger partial charge in [-0.2, -0.15) is 0 Å². The Morgan fingerprint density at radius 2 is 2.04 bits per heavy atom. The van der Waals surface area contributed by atoms with Crippen LogP contribution in [0.1, 0.15) is 31.2 Å². The lowest BCUT2D eigenvalue weighted by molar-refractivity contribution is -0.138. The minimum atomic E-state index is -1.11. The van der Waals surface area contributed by atoms with Crippen molar-refractivity contribution in [1.82, 2.24) is 4.90 Å². The van der Waals surface area contributed by atoms with Gasteiger partial charge >= 0.3 is 11.9 Å². The summed E-state index contributed by atoms with van der Waals surface area (Å²) < 4.78 is 5.22. The molecule has 1 amide bonds. The van der Waals surface area contributed by atoms with Crippen molar-refractivity contribution in [3.05, 3.63) is 28.7 Å². The van der Waals surface area contributed by atoms with Gasteiger partial charge < -0.3 is 20.1 Å². The zero-order valence-electron chi connectivity index (χ0n) is 15.0. The Balaban J connectivity index is 2.24.